The van der Waals surface area contributed by atoms with E-state index >= 15 is 0 Å². The standard InChI is InChI=1S/C13H15NO3/c1-9(15)14-13(12(16)17-2)8-11(13)10-6-4-3-5-7-10/h3-7,11H,8H2,1-2H3,(H,14,15). The van der Waals surface area contributed by atoms with E-state index in [1.165, 1.54) is 14.0 Å². The summed E-state index contributed by atoms with van der Waals surface area (Å²) in [6.07, 6.45) is 0.600. The Morgan fingerprint density at radius 3 is 2.53 bits per heavy atom. The third kappa shape index (κ3) is 2.02. The maximum atomic E-state index is 11.8. The average molecular weight is 233 g/mol. The summed E-state index contributed by atoms with van der Waals surface area (Å²) >= 11 is 0. The van der Waals surface area contributed by atoms with Gasteiger partial charge in [0.2, 0.25) is 5.91 Å². The molecule has 4 nitrogen and oxygen atoms in total. The zero-order chi connectivity index (χ0) is 12.5. The maximum absolute atomic E-state index is 11.8. The van der Waals surface area contributed by atoms with Crippen LogP contribution in [0.2, 0.25) is 0 Å². The third-order valence-corrected chi connectivity index (χ3v) is 3.11. The highest BCUT2D eigenvalue weighted by Crippen LogP contribution is 2.52. The number of hydrogen-bond donors (Lipinski definition) is 1. The lowest BCUT2D eigenvalue weighted by Gasteiger charge is -2.15. The van der Waals surface area contributed by atoms with Gasteiger partial charge < -0.3 is 10.1 Å². The van der Waals surface area contributed by atoms with Crippen molar-refractivity contribution in [2.75, 3.05) is 7.11 Å². The smallest absolute Gasteiger partial charge is 0.332 e. The van der Waals surface area contributed by atoms with Crippen LogP contribution in [-0.4, -0.2) is 24.5 Å². The molecular formula is C13H15NO3. The topological polar surface area (TPSA) is 55.4 Å². The number of esters is 1. The van der Waals surface area contributed by atoms with E-state index in [4.69, 9.17) is 4.74 Å². The Kier molecular flexibility index (Phi) is 2.88. The van der Waals surface area contributed by atoms with Crippen LogP contribution in [0.5, 0.6) is 0 Å². The molecule has 1 amide bonds. The summed E-state index contributed by atoms with van der Waals surface area (Å²) in [6, 6.07) is 9.67. The van der Waals surface area contributed by atoms with Gasteiger partial charge in [0, 0.05) is 12.8 Å². The van der Waals surface area contributed by atoms with Crippen molar-refractivity contribution in [2.45, 2.75) is 24.8 Å². The SMILES string of the molecule is COC(=O)C1(NC(C)=O)CC1c1ccccc1. The minimum Gasteiger partial charge on any atom is -0.467 e. The van der Waals surface area contributed by atoms with Crippen molar-refractivity contribution in [3.63, 3.8) is 0 Å². The Morgan fingerprint density at radius 2 is 2.00 bits per heavy atom. The molecule has 0 saturated heterocycles. The summed E-state index contributed by atoms with van der Waals surface area (Å²) in [6.45, 7) is 1.41. The Morgan fingerprint density at radius 1 is 1.35 bits per heavy atom. The van der Waals surface area contributed by atoms with E-state index in [1.54, 1.807) is 0 Å². The summed E-state index contributed by atoms with van der Waals surface area (Å²) in [5.74, 6) is -0.574. The zero-order valence-corrected chi connectivity index (χ0v) is 9.90. The first-order chi connectivity index (χ1) is 8.10. The Balaban J connectivity index is 2.23. The fourth-order valence-electron chi connectivity index (χ4n) is 2.26. The van der Waals surface area contributed by atoms with Crippen molar-refractivity contribution < 1.29 is 14.3 Å². The van der Waals surface area contributed by atoms with Crippen molar-refractivity contribution in [1.29, 1.82) is 0 Å². The number of ether oxygens (including phenoxy) is 1. The number of carbonyl (C=O) groups is 2. The van der Waals surface area contributed by atoms with Crippen molar-refractivity contribution in [2.24, 2.45) is 0 Å². The minimum atomic E-state index is -0.859. The number of carbonyl (C=O) groups excluding carboxylic acids is 2. The Labute approximate surface area is 100.0 Å². The third-order valence-electron chi connectivity index (χ3n) is 3.11. The normalized spacial score (nSPS) is 26.1. The lowest BCUT2D eigenvalue weighted by Crippen LogP contribution is -2.44. The zero-order valence-electron chi connectivity index (χ0n) is 9.90. The second-order valence-electron chi connectivity index (χ2n) is 4.31. The molecule has 1 N–H and O–H groups in total. The van der Waals surface area contributed by atoms with Gasteiger partial charge in [-0.25, -0.2) is 4.79 Å². The van der Waals surface area contributed by atoms with Crippen LogP contribution < -0.4 is 5.32 Å². The monoisotopic (exact) mass is 233 g/mol. The van der Waals surface area contributed by atoms with Crippen LogP contribution >= 0.6 is 0 Å². The van der Waals surface area contributed by atoms with Crippen molar-refractivity contribution in [3.05, 3.63) is 35.9 Å². The second-order valence-corrected chi connectivity index (χ2v) is 4.31. The molecule has 1 aliphatic rings. The van der Waals surface area contributed by atoms with Crippen molar-refractivity contribution >= 4 is 11.9 Å². The molecule has 0 bridgehead atoms. The van der Waals surface area contributed by atoms with Crippen LogP contribution in [-0.2, 0) is 14.3 Å². The van der Waals surface area contributed by atoms with Gasteiger partial charge >= 0.3 is 5.97 Å². The molecule has 0 aliphatic heterocycles. The molecule has 1 aliphatic carbocycles. The van der Waals surface area contributed by atoms with E-state index in [2.05, 4.69) is 5.32 Å². The summed E-state index contributed by atoms with van der Waals surface area (Å²) in [7, 11) is 1.34. The lowest BCUT2D eigenvalue weighted by atomic mass is 10.1. The van der Waals surface area contributed by atoms with Crippen LogP contribution in [0.25, 0.3) is 0 Å². The summed E-state index contributed by atoms with van der Waals surface area (Å²) < 4.78 is 4.78. The molecule has 0 aromatic heterocycles. The largest absolute Gasteiger partial charge is 0.467 e. The number of hydrogen-bond acceptors (Lipinski definition) is 3. The summed E-state index contributed by atoms with van der Waals surface area (Å²) in [5.41, 5.74) is 0.189. The first kappa shape index (κ1) is 11.6. The number of methoxy groups -OCH3 is 1. The molecule has 0 radical (unpaired) electrons. The van der Waals surface area contributed by atoms with Crippen LogP contribution in [0.4, 0.5) is 0 Å². The molecule has 1 aromatic carbocycles. The second kappa shape index (κ2) is 4.20. The molecule has 0 heterocycles. The van der Waals surface area contributed by atoms with Crippen LogP contribution in [0.15, 0.2) is 30.3 Å². The van der Waals surface area contributed by atoms with E-state index in [9.17, 15) is 9.59 Å². The molecule has 0 spiro atoms. The molecule has 1 saturated carbocycles. The highest BCUT2D eigenvalue weighted by Gasteiger charge is 2.62. The highest BCUT2D eigenvalue weighted by molar-refractivity contribution is 5.92. The number of rotatable bonds is 3. The summed E-state index contributed by atoms with van der Waals surface area (Å²) in [4.78, 5) is 23.0. The van der Waals surface area contributed by atoms with E-state index < -0.39 is 5.54 Å². The van der Waals surface area contributed by atoms with Gasteiger partial charge in [0.1, 0.15) is 5.54 Å². The van der Waals surface area contributed by atoms with Gasteiger partial charge in [-0.3, -0.25) is 4.79 Å². The number of amides is 1. The molecule has 4 heteroatoms. The van der Waals surface area contributed by atoms with E-state index in [0.717, 1.165) is 5.56 Å². The van der Waals surface area contributed by atoms with Gasteiger partial charge in [-0.15, -0.1) is 0 Å². The molecule has 2 unspecified atom stereocenters. The van der Waals surface area contributed by atoms with Crippen molar-refractivity contribution in [1.82, 2.24) is 5.32 Å². The molecule has 17 heavy (non-hydrogen) atoms. The van der Waals surface area contributed by atoms with E-state index in [-0.39, 0.29) is 17.8 Å². The predicted molar refractivity (Wildman–Crippen MR) is 62.4 cm³/mol. The van der Waals surface area contributed by atoms with Gasteiger partial charge in [-0.05, 0) is 12.0 Å². The molecule has 1 fully saturated rings. The van der Waals surface area contributed by atoms with Crippen molar-refractivity contribution in [3.8, 4) is 0 Å². The molecule has 1 aromatic rings. The van der Waals surface area contributed by atoms with Crippen LogP contribution in [0.1, 0.15) is 24.8 Å². The Bertz CT molecular complexity index is 443. The molecule has 2 rings (SSSR count). The van der Waals surface area contributed by atoms with E-state index in [1.807, 2.05) is 30.3 Å². The number of benzene rings is 1. The Hall–Kier alpha value is -1.84. The lowest BCUT2D eigenvalue weighted by molar-refractivity contribution is -0.146. The molecule has 2 atom stereocenters. The molecular weight excluding hydrogens is 218 g/mol. The minimum absolute atomic E-state index is 0.0139. The van der Waals surface area contributed by atoms with Gasteiger partial charge in [0.05, 0.1) is 7.11 Å². The molecule has 90 valence electrons. The average Bonchev–Trinajstić information content (AvgIpc) is 3.04. The van der Waals surface area contributed by atoms with E-state index in [0.29, 0.717) is 6.42 Å². The summed E-state index contributed by atoms with van der Waals surface area (Å²) in [5, 5.41) is 2.72. The fraction of sp³-hybridized carbons (Fsp3) is 0.385. The maximum Gasteiger partial charge on any atom is 0.332 e. The van der Waals surface area contributed by atoms with Gasteiger partial charge in [-0.1, -0.05) is 30.3 Å². The van der Waals surface area contributed by atoms with Crippen LogP contribution in [0, 0.1) is 0 Å². The van der Waals surface area contributed by atoms with Gasteiger partial charge in [0.15, 0.2) is 0 Å². The van der Waals surface area contributed by atoms with Gasteiger partial charge in [0.25, 0.3) is 0 Å². The first-order valence-electron chi connectivity index (χ1n) is 5.52. The fourth-order valence-corrected chi connectivity index (χ4v) is 2.26. The predicted octanol–water partition coefficient (Wildman–Crippen LogP) is 1.22. The quantitative estimate of drug-likeness (QED) is 0.799. The first-order valence-corrected chi connectivity index (χ1v) is 5.52. The van der Waals surface area contributed by atoms with Crippen LogP contribution in [0.3, 0.4) is 0 Å². The van der Waals surface area contributed by atoms with Gasteiger partial charge in [-0.2, -0.15) is 0 Å². The highest BCUT2D eigenvalue weighted by atomic mass is 16.5. The number of nitrogens with one attached hydrogen (secondary N) is 1.